The molecule has 3 nitrogen and oxygen atoms in total. The molecule has 0 aromatic carbocycles. The summed E-state index contributed by atoms with van der Waals surface area (Å²) < 4.78 is 5.59. The smallest absolute Gasteiger partial charge is 0.329 e. The van der Waals surface area contributed by atoms with Crippen LogP contribution in [-0.2, 0) is 9.53 Å². The van der Waals surface area contributed by atoms with Crippen molar-refractivity contribution in [1.29, 1.82) is 0 Å². The fraction of sp³-hybridized carbons (Fsp3) is 0.929. The Morgan fingerprint density at radius 2 is 1.71 bits per heavy atom. The molecule has 0 aromatic rings. The third kappa shape index (κ3) is 1.99. The molecule has 0 heterocycles. The summed E-state index contributed by atoms with van der Waals surface area (Å²) in [6, 6.07) is 0. The fourth-order valence-corrected chi connectivity index (χ4v) is 5.05. The molecule has 0 aromatic heterocycles. The van der Waals surface area contributed by atoms with Gasteiger partial charge in [0.1, 0.15) is 6.61 Å². The molecule has 3 heteroatoms. The van der Waals surface area contributed by atoms with Gasteiger partial charge in [-0.3, -0.25) is 0 Å². The van der Waals surface area contributed by atoms with E-state index in [4.69, 9.17) is 9.84 Å². The van der Waals surface area contributed by atoms with Crippen molar-refractivity contribution in [2.75, 3.05) is 6.61 Å². The quantitative estimate of drug-likeness (QED) is 0.819. The number of hydrogen-bond donors (Lipinski definition) is 1. The van der Waals surface area contributed by atoms with Crippen molar-refractivity contribution in [3.63, 3.8) is 0 Å². The van der Waals surface area contributed by atoms with Gasteiger partial charge >= 0.3 is 5.97 Å². The highest BCUT2D eigenvalue weighted by Crippen LogP contribution is 2.61. The molecule has 0 amide bonds. The van der Waals surface area contributed by atoms with Crippen molar-refractivity contribution < 1.29 is 14.6 Å². The van der Waals surface area contributed by atoms with Crippen molar-refractivity contribution in [2.45, 2.75) is 51.6 Å². The Kier molecular flexibility index (Phi) is 2.69. The van der Waals surface area contributed by atoms with E-state index < -0.39 is 5.97 Å². The maximum absolute atomic E-state index is 10.6. The minimum atomic E-state index is -0.846. The SMILES string of the molecule is CC(OCC(=O)O)C12CC3CC(CC(C3)C1)C2. The number of ether oxygens (including phenoxy) is 1. The average Bonchev–Trinajstić information content (AvgIpc) is 2.23. The van der Waals surface area contributed by atoms with Crippen LogP contribution in [0.2, 0.25) is 0 Å². The molecule has 4 rings (SSSR count). The summed E-state index contributed by atoms with van der Waals surface area (Å²) in [5, 5.41) is 8.72. The van der Waals surface area contributed by atoms with Gasteiger partial charge < -0.3 is 9.84 Å². The lowest BCUT2D eigenvalue weighted by molar-refractivity contribution is -0.159. The third-order valence-electron chi connectivity index (χ3n) is 5.40. The zero-order valence-corrected chi connectivity index (χ0v) is 10.5. The maximum atomic E-state index is 10.6. The summed E-state index contributed by atoms with van der Waals surface area (Å²) in [5.74, 6) is 1.85. The van der Waals surface area contributed by atoms with Gasteiger partial charge in [0.2, 0.25) is 0 Å². The molecule has 17 heavy (non-hydrogen) atoms. The van der Waals surface area contributed by atoms with Gasteiger partial charge in [-0.05, 0) is 68.6 Å². The minimum Gasteiger partial charge on any atom is -0.480 e. The zero-order chi connectivity index (χ0) is 12.0. The topological polar surface area (TPSA) is 46.5 Å². The molecule has 1 atom stereocenters. The third-order valence-corrected chi connectivity index (χ3v) is 5.40. The molecule has 0 radical (unpaired) electrons. The lowest BCUT2D eigenvalue weighted by Crippen LogP contribution is -2.51. The molecular weight excluding hydrogens is 216 g/mol. The second kappa shape index (κ2) is 3.98. The standard InChI is InChI=1S/C14H22O3/c1-9(17-8-13(15)16)14-5-10-2-11(6-14)4-12(3-10)7-14/h9-12H,2-8H2,1H3,(H,15,16). The summed E-state index contributed by atoms with van der Waals surface area (Å²) in [6.45, 7) is 1.96. The Balaban J connectivity index is 1.70. The summed E-state index contributed by atoms with van der Waals surface area (Å²) in [4.78, 5) is 10.6. The highest BCUT2D eigenvalue weighted by molar-refractivity contribution is 5.68. The first-order valence-electron chi connectivity index (χ1n) is 6.91. The van der Waals surface area contributed by atoms with E-state index in [0.717, 1.165) is 17.8 Å². The van der Waals surface area contributed by atoms with Gasteiger partial charge in [0.25, 0.3) is 0 Å². The van der Waals surface area contributed by atoms with Gasteiger partial charge in [0, 0.05) is 0 Å². The van der Waals surface area contributed by atoms with Crippen LogP contribution in [-0.4, -0.2) is 23.8 Å². The minimum absolute atomic E-state index is 0.118. The average molecular weight is 238 g/mol. The number of carboxylic acids is 1. The van der Waals surface area contributed by atoms with Gasteiger partial charge in [-0.15, -0.1) is 0 Å². The van der Waals surface area contributed by atoms with Crippen LogP contribution < -0.4 is 0 Å². The van der Waals surface area contributed by atoms with Crippen LogP contribution in [0.3, 0.4) is 0 Å². The van der Waals surface area contributed by atoms with E-state index in [1.54, 1.807) is 0 Å². The van der Waals surface area contributed by atoms with Gasteiger partial charge in [-0.25, -0.2) is 4.79 Å². The van der Waals surface area contributed by atoms with Gasteiger partial charge in [-0.1, -0.05) is 0 Å². The van der Waals surface area contributed by atoms with Crippen molar-refractivity contribution in [3.05, 3.63) is 0 Å². The van der Waals surface area contributed by atoms with E-state index in [9.17, 15) is 4.79 Å². The van der Waals surface area contributed by atoms with E-state index in [-0.39, 0.29) is 12.7 Å². The van der Waals surface area contributed by atoms with E-state index in [2.05, 4.69) is 6.92 Å². The number of carboxylic acid groups (broad SMARTS) is 1. The normalized spacial score (nSPS) is 44.9. The van der Waals surface area contributed by atoms with E-state index >= 15 is 0 Å². The van der Waals surface area contributed by atoms with E-state index in [0.29, 0.717) is 5.41 Å². The van der Waals surface area contributed by atoms with Crippen LogP contribution in [0.1, 0.15) is 45.4 Å². The van der Waals surface area contributed by atoms with Crippen LogP contribution in [0.5, 0.6) is 0 Å². The van der Waals surface area contributed by atoms with Crippen LogP contribution in [0.4, 0.5) is 0 Å². The van der Waals surface area contributed by atoms with Crippen LogP contribution in [0, 0.1) is 23.2 Å². The second-order valence-corrected chi connectivity index (χ2v) is 6.63. The summed E-state index contributed by atoms with van der Waals surface area (Å²) >= 11 is 0. The largest absolute Gasteiger partial charge is 0.480 e. The first kappa shape index (κ1) is 11.5. The fourth-order valence-electron chi connectivity index (χ4n) is 5.05. The molecule has 4 bridgehead atoms. The number of aliphatic carboxylic acids is 1. The second-order valence-electron chi connectivity index (χ2n) is 6.63. The predicted molar refractivity (Wildman–Crippen MR) is 63.7 cm³/mol. The van der Waals surface area contributed by atoms with Gasteiger partial charge in [-0.2, -0.15) is 0 Å². The summed E-state index contributed by atoms with van der Waals surface area (Å²) in [6.07, 6.45) is 8.21. The highest BCUT2D eigenvalue weighted by atomic mass is 16.5. The Labute approximate surface area is 103 Å². The number of carbonyl (C=O) groups is 1. The molecule has 1 N–H and O–H groups in total. The summed E-state index contributed by atoms with van der Waals surface area (Å²) in [5.41, 5.74) is 0.310. The van der Waals surface area contributed by atoms with Crippen molar-refractivity contribution in [2.24, 2.45) is 23.2 Å². The lowest BCUT2D eigenvalue weighted by atomic mass is 9.48. The van der Waals surface area contributed by atoms with Gasteiger partial charge in [0.15, 0.2) is 0 Å². The molecule has 96 valence electrons. The van der Waals surface area contributed by atoms with Crippen molar-refractivity contribution in [3.8, 4) is 0 Å². The highest BCUT2D eigenvalue weighted by Gasteiger charge is 2.53. The zero-order valence-electron chi connectivity index (χ0n) is 10.5. The Morgan fingerprint density at radius 3 is 2.12 bits per heavy atom. The Morgan fingerprint density at radius 1 is 1.24 bits per heavy atom. The Bertz CT molecular complexity index is 288. The summed E-state index contributed by atoms with van der Waals surface area (Å²) in [7, 11) is 0. The van der Waals surface area contributed by atoms with E-state index in [1.807, 2.05) is 0 Å². The van der Waals surface area contributed by atoms with Crippen LogP contribution in [0.25, 0.3) is 0 Å². The molecule has 4 aliphatic rings. The molecule has 4 fully saturated rings. The first-order chi connectivity index (χ1) is 8.07. The predicted octanol–water partition coefficient (Wildman–Crippen LogP) is 2.69. The molecule has 1 unspecified atom stereocenters. The lowest BCUT2D eigenvalue weighted by Gasteiger charge is -2.58. The monoisotopic (exact) mass is 238 g/mol. The molecular formula is C14H22O3. The van der Waals surface area contributed by atoms with Crippen molar-refractivity contribution >= 4 is 5.97 Å². The molecule has 4 aliphatic carbocycles. The van der Waals surface area contributed by atoms with Gasteiger partial charge in [0.05, 0.1) is 6.10 Å². The Hall–Kier alpha value is -0.570. The number of rotatable bonds is 4. The van der Waals surface area contributed by atoms with E-state index in [1.165, 1.54) is 38.5 Å². The molecule has 0 spiro atoms. The molecule has 0 aliphatic heterocycles. The number of hydrogen-bond acceptors (Lipinski definition) is 2. The van der Waals surface area contributed by atoms with Crippen molar-refractivity contribution in [1.82, 2.24) is 0 Å². The van der Waals surface area contributed by atoms with Crippen LogP contribution >= 0.6 is 0 Å². The maximum Gasteiger partial charge on any atom is 0.329 e. The first-order valence-corrected chi connectivity index (χ1v) is 6.91. The van der Waals surface area contributed by atoms with Crippen LogP contribution in [0.15, 0.2) is 0 Å². The molecule has 0 saturated heterocycles. The molecule has 4 saturated carbocycles.